The van der Waals surface area contributed by atoms with Crippen molar-refractivity contribution < 1.29 is 4.79 Å². The summed E-state index contributed by atoms with van der Waals surface area (Å²) in [5.74, 6) is -0.0260. The largest absolute Gasteiger partial charge is 0.398 e. The number of carbonyl (C=O) groups is 1. The number of rotatable bonds is 4. The molecule has 2 aromatic rings. The number of carbonyl (C=O) groups excluding carboxylic acids is 1. The maximum absolute atomic E-state index is 11.3. The molecule has 0 spiro atoms. The number of ketones is 1. The van der Waals surface area contributed by atoms with E-state index in [2.05, 4.69) is 15.5 Å². The average molecular weight is 244 g/mol. The summed E-state index contributed by atoms with van der Waals surface area (Å²) in [6.45, 7) is 3.53. The summed E-state index contributed by atoms with van der Waals surface area (Å²) in [5.41, 5.74) is 8.82. The third-order valence-corrected chi connectivity index (χ3v) is 2.83. The van der Waals surface area contributed by atoms with E-state index in [1.807, 2.05) is 19.2 Å². The van der Waals surface area contributed by atoms with Gasteiger partial charge in [0, 0.05) is 28.7 Å². The van der Waals surface area contributed by atoms with Crippen LogP contribution >= 0.6 is 0 Å². The molecule has 0 aliphatic heterocycles. The highest BCUT2D eigenvalue weighted by molar-refractivity contribution is 5.99. The molecule has 0 bridgehead atoms. The van der Waals surface area contributed by atoms with Crippen molar-refractivity contribution in [2.75, 3.05) is 11.1 Å². The Bertz CT molecular complexity index is 548. The van der Waals surface area contributed by atoms with Crippen LogP contribution in [0.4, 0.5) is 11.4 Å². The van der Waals surface area contributed by atoms with Crippen LogP contribution in [0.15, 0.2) is 30.6 Å². The summed E-state index contributed by atoms with van der Waals surface area (Å²) in [7, 11) is 0. The Morgan fingerprint density at radius 1 is 1.50 bits per heavy atom. The van der Waals surface area contributed by atoms with Crippen LogP contribution in [0, 0.1) is 0 Å². The Kier molecular flexibility index (Phi) is 3.32. The summed E-state index contributed by atoms with van der Waals surface area (Å²) in [6.07, 6.45) is 3.61. The maximum Gasteiger partial charge on any atom is 0.161 e. The van der Waals surface area contributed by atoms with Crippen molar-refractivity contribution in [3.05, 3.63) is 41.7 Å². The fourth-order valence-electron chi connectivity index (χ4n) is 1.80. The molecule has 5 heteroatoms. The number of nitrogens with one attached hydrogen (secondary N) is 2. The lowest BCUT2D eigenvalue weighted by Crippen LogP contribution is -2.07. The standard InChI is InChI=1S/C13H16N4O/c1-8(10-6-15-16-7-10)17-11-3-4-12(9(2)18)13(14)5-11/h3-8,17H,14H2,1-2H3,(H,15,16). The van der Waals surface area contributed by atoms with E-state index in [-0.39, 0.29) is 11.8 Å². The van der Waals surface area contributed by atoms with Gasteiger partial charge in [-0.1, -0.05) is 0 Å². The molecule has 4 N–H and O–H groups in total. The molecule has 1 aromatic carbocycles. The number of nitrogens with two attached hydrogens (primary N) is 1. The Hall–Kier alpha value is -2.30. The molecule has 0 saturated heterocycles. The molecule has 1 unspecified atom stereocenters. The number of hydrogen-bond acceptors (Lipinski definition) is 4. The zero-order valence-corrected chi connectivity index (χ0v) is 10.4. The van der Waals surface area contributed by atoms with Gasteiger partial charge in [-0.3, -0.25) is 9.89 Å². The van der Waals surface area contributed by atoms with E-state index in [0.717, 1.165) is 11.3 Å². The van der Waals surface area contributed by atoms with Gasteiger partial charge in [-0.05, 0) is 32.0 Å². The van der Waals surface area contributed by atoms with Crippen LogP contribution in [0.2, 0.25) is 0 Å². The van der Waals surface area contributed by atoms with Crippen LogP contribution in [0.25, 0.3) is 0 Å². The summed E-state index contributed by atoms with van der Waals surface area (Å²) in [6, 6.07) is 5.48. The van der Waals surface area contributed by atoms with Gasteiger partial charge < -0.3 is 11.1 Å². The number of nitrogens with zero attached hydrogens (tertiary/aromatic N) is 1. The van der Waals surface area contributed by atoms with Gasteiger partial charge in [0.1, 0.15) is 0 Å². The lowest BCUT2D eigenvalue weighted by Gasteiger charge is -2.14. The molecular weight excluding hydrogens is 228 g/mol. The molecule has 18 heavy (non-hydrogen) atoms. The highest BCUT2D eigenvalue weighted by Gasteiger charge is 2.09. The van der Waals surface area contributed by atoms with E-state index in [4.69, 9.17) is 5.73 Å². The van der Waals surface area contributed by atoms with Gasteiger partial charge in [0.15, 0.2) is 5.78 Å². The molecule has 0 amide bonds. The lowest BCUT2D eigenvalue weighted by molar-refractivity contribution is 0.101. The van der Waals surface area contributed by atoms with Gasteiger partial charge in [0.05, 0.1) is 12.2 Å². The second kappa shape index (κ2) is 4.91. The van der Waals surface area contributed by atoms with Crippen LogP contribution in [0.1, 0.15) is 35.8 Å². The van der Waals surface area contributed by atoms with E-state index in [1.54, 1.807) is 18.3 Å². The summed E-state index contributed by atoms with van der Waals surface area (Å²) in [4.78, 5) is 11.3. The second-order valence-corrected chi connectivity index (χ2v) is 4.26. The van der Waals surface area contributed by atoms with E-state index in [9.17, 15) is 4.79 Å². The van der Waals surface area contributed by atoms with Crippen LogP contribution in [0.5, 0.6) is 0 Å². The minimum absolute atomic E-state index is 0.0260. The first-order valence-electron chi connectivity index (χ1n) is 5.73. The lowest BCUT2D eigenvalue weighted by atomic mass is 10.1. The first-order chi connectivity index (χ1) is 8.58. The van der Waals surface area contributed by atoms with Gasteiger partial charge in [-0.2, -0.15) is 5.10 Å². The highest BCUT2D eigenvalue weighted by Crippen LogP contribution is 2.22. The highest BCUT2D eigenvalue weighted by atomic mass is 16.1. The molecule has 0 saturated carbocycles. The van der Waals surface area contributed by atoms with Crippen molar-refractivity contribution in [1.82, 2.24) is 10.2 Å². The van der Waals surface area contributed by atoms with Crippen LogP contribution in [-0.4, -0.2) is 16.0 Å². The maximum atomic E-state index is 11.3. The third kappa shape index (κ3) is 2.51. The van der Waals surface area contributed by atoms with Crippen molar-refractivity contribution in [3.8, 4) is 0 Å². The Morgan fingerprint density at radius 2 is 2.28 bits per heavy atom. The van der Waals surface area contributed by atoms with Gasteiger partial charge in [-0.25, -0.2) is 0 Å². The quantitative estimate of drug-likeness (QED) is 0.569. The molecule has 0 fully saturated rings. The number of nitrogen functional groups attached to an aromatic ring is 1. The second-order valence-electron chi connectivity index (χ2n) is 4.26. The molecule has 94 valence electrons. The number of hydrogen-bond donors (Lipinski definition) is 3. The van der Waals surface area contributed by atoms with Crippen LogP contribution < -0.4 is 11.1 Å². The summed E-state index contributed by atoms with van der Waals surface area (Å²) < 4.78 is 0. The van der Waals surface area contributed by atoms with E-state index < -0.39 is 0 Å². The number of anilines is 2. The summed E-state index contributed by atoms with van der Waals surface area (Å²) in [5, 5.41) is 9.98. The summed E-state index contributed by atoms with van der Waals surface area (Å²) >= 11 is 0. The van der Waals surface area contributed by atoms with Crippen molar-refractivity contribution in [3.63, 3.8) is 0 Å². The first kappa shape index (κ1) is 12.2. The fraction of sp³-hybridized carbons (Fsp3) is 0.231. The molecular formula is C13H16N4O. The molecule has 1 heterocycles. The Balaban J connectivity index is 2.15. The molecule has 1 atom stereocenters. The zero-order valence-electron chi connectivity index (χ0n) is 10.4. The predicted molar refractivity (Wildman–Crippen MR) is 71.5 cm³/mol. The molecule has 0 aliphatic carbocycles. The van der Waals surface area contributed by atoms with E-state index >= 15 is 0 Å². The van der Waals surface area contributed by atoms with Gasteiger partial charge >= 0.3 is 0 Å². The van der Waals surface area contributed by atoms with Crippen LogP contribution in [0.3, 0.4) is 0 Å². The number of Topliss-reactive ketones (excluding diaryl/α,β-unsaturated/α-hetero) is 1. The smallest absolute Gasteiger partial charge is 0.161 e. The average Bonchev–Trinajstić information content (AvgIpc) is 2.81. The number of H-pyrrole nitrogens is 1. The van der Waals surface area contributed by atoms with Gasteiger partial charge in [-0.15, -0.1) is 0 Å². The fourth-order valence-corrected chi connectivity index (χ4v) is 1.80. The zero-order chi connectivity index (χ0) is 13.1. The Labute approximate surface area is 105 Å². The predicted octanol–water partition coefficient (Wildman–Crippen LogP) is 2.37. The van der Waals surface area contributed by atoms with Crippen molar-refractivity contribution in [2.24, 2.45) is 0 Å². The third-order valence-electron chi connectivity index (χ3n) is 2.83. The van der Waals surface area contributed by atoms with E-state index in [0.29, 0.717) is 11.3 Å². The van der Waals surface area contributed by atoms with Gasteiger partial charge in [0.25, 0.3) is 0 Å². The SMILES string of the molecule is CC(=O)c1ccc(NC(C)c2cn[nH]c2)cc1N. The first-order valence-corrected chi connectivity index (χ1v) is 5.73. The molecule has 2 rings (SSSR count). The topological polar surface area (TPSA) is 83.8 Å². The monoisotopic (exact) mass is 244 g/mol. The number of aromatic nitrogens is 2. The normalized spacial score (nSPS) is 12.1. The van der Waals surface area contributed by atoms with E-state index in [1.165, 1.54) is 6.92 Å². The van der Waals surface area contributed by atoms with Gasteiger partial charge in [0.2, 0.25) is 0 Å². The minimum atomic E-state index is -0.0260. The van der Waals surface area contributed by atoms with Crippen LogP contribution in [-0.2, 0) is 0 Å². The van der Waals surface area contributed by atoms with Crippen molar-refractivity contribution >= 4 is 17.2 Å². The Morgan fingerprint density at radius 3 is 2.83 bits per heavy atom. The molecule has 5 nitrogen and oxygen atoms in total. The molecule has 0 aliphatic rings. The molecule has 0 radical (unpaired) electrons. The van der Waals surface area contributed by atoms with Crippen molar-refractivity contribution in [1.29, 1.82) is 0 Å². The number of benzene rings is 1. The van der Waals surface area contributed by atoms with Crippen molar-refractivity contribution in [2.45, 2.75) is 19.9 Å². The number of aromatic amines is 1. The molecule has 1 aromatic heterocycles. The minimum Gasteiger partial charge on any atom is -0.398 e.